The Labute approximate surface area is 109 Å². The molecule has 0 aromatic heterocycles. The number of hydrogen-bond acceptors (Lipinski definition) is 3. The standard InChI is InChI=1S/C13H26N2OS/c1-5-13(6-2,9-14)11(16)15-7-8-17-12(3,4)10-15/h5-10,14H2,1-4H3. The maximum Gasteiger partial charge on any atom is 0.230 e. The van der Waals surface area contributed by atoms with Crippen LogP contribution >= 0.6 is 11.8 Å². The van der Waals surface area contributed by atoms with E-state index in [9.17, 15) is 4.79 Å². The lowest BCUT2D eigenvalue weighted by Gasteiger charge is -2.42. The van der Waals surface area contributed by atoms with Crippen molar-refractivity contribution in [2.45, 2.75) is 45.3 Å². The highest BCUT2D eigenvalue weighted by Crippen LogP contribution is 2.34. The van der Waals surface area contributed by atoms with Crippen LogP contribution in [-0.4, -0.2) is 40.9 Å². The molecule has 1 saturated heterocycles. The molecule has 1 heterocycles. The average Bonchev–Trinajstić information content (AvgIpc) is 2.30. The fraction of sp³-hybridized carbons (Fsp3) is 0.923. The first-order valence-electron chi connectivity index (χ1n) is 6.54. The van der Waals surface area contributed by atoms with Crippen LogP contribution < -0.4 is 5.73 Å². The Balaban J connectivity index is 2.81. The van der Waals surface area contributed by atoms with E-state index in [-0.39, 0.29) is 16.1 Å². The molecule has 0 aromatic carbocycles. The van der Waals surface area contributed by atoms with Crippen LogP contribution in [0, 0.1) is 5.41 Å². The zero-order valence-corrected chi connectivity index (χ0v) is 12.4. The lowest BCUT2D eigenvalue weighted by atomic mass is 9.80. The van der Waals surface area contributed by atoms with Crippen LogP contribution in [0.1, 0.15) is 40.5 Å². The zero-order chi connectivity index (χ0) is 13.1. The summed E-state index contributed by atoms with van der Waals surface area (Å²) in [5.74, 6) is 1.30. The molecule has 0 atom stereocenters. The third-order valence-electron chi connectivity index (χ3n) is 3.91. The van der Waals surface area contributed by atoms with Crippen molar-refractivity contribution in [1.82, 2.24) is 4.90 Å². The van der Waals surface area contributed by atoms with Crippen molar-refractivity contribution in [3.8, 4) is 0 Å². The number of rotatable bonds is 4. The van der Waals surface area contributed by atoms with Gasteiger partial charge in [-0.3, -0.25) is 4.79 Å². The lowest BCUT2D eigenvalue weighted by molar-refractivity contribution is -0.142. The van der Waals surface area contributed by atoms with E-state index in [0.29, 0.717) is 6.54 Å². The van der Waals surface area contributed by atoms with E-state index < -0.39 is 0 Å². The van der Waals surface area contributed by atoms with Gasteiger partial charge in [-0.15, -0.1) is 0 Å². The summed E-state index contributed by atoms with van der Waals surface area (Å²) in [6.07, 6.45) is 1.67. The first kappa shape index (κ1) is 14.8. The molecule has 0 aliphatic carbocycles. The van der Waals surface area contributed by atoms with E-state index in [1.165, 1.54) is 0 Å². The Kier molecular flexibility index (Phi) is 4.90. The quantitative estimate of drug-likeness (QED) is 0.840. The molecule has 3 nitrogen and oxygen atoms in total. The molecule has 1 aliphatic heterocycles. The minimum absolute atomic E-state index is 0.176. The van der Waals surface area contributed by atoms with Crippen molar-refractivity contribution in [2.75, 3.05) is 25.4 Å². The molecule has 1 fully saturated rings. The molecule has 0 unspecified atom stereocenters. The lowest BCUT2D eigenvalue weighted by Crippen LogP contribution is -2.53. The normalized spacial score (nSPS) is 20.4. The number of carbonyl (C=O) groups excluding carboxylic acids is 1. The molecule has 1 amide bonds. The number of amides is 1. The monoisotopic (exact) mass is 258 g/mol. The van der Waals surface area contributed by atoms with Gasteiger partial charge in [0, 0.05) is 30.1 Å². The Morgan fingerprint density at radius 3 is 2.41 bits per heavy atom. The Bertz CT molecular complexity index is 266. The van der Waals surface area contributed by atoms with Gasteiger partial charge in [0.15, 0.2) is 0 Å². The van der Waals surface area contributed by atoms with Crippen LogP contribution in [0.25, 0.3) is 0 Å². The second kappa shape index (κ2) is 5.61. The summed E-state index contributed by atoms with van der Waals surface area (Å²) in [5.41, 5.74) is 5.52. The van der Waals surface area contributed by atoms with Crippen molar-refractivity contribution < 1.29 is 4.79 Å². The van der Waals surface area contributed by atoms with Crippen molar-refractivity contribution in [3.63, 3.8) is 0 Å². The molecule has 0 spiro atoms. The number of hydrogen-bond donors (Lipinski definition) is 1. The molecule has 0 saturated carbocycles. The molecule has 1 rings (SSSR count). The van der Waals surface area contributed by atoms with Gasteiger partial charge in [0.1, 0.15) is 0 Å². The average molecular weight is 258 g/mol. The van der Waals surface area contributed by atoms with Crippen molar-refractivity contribution in [3.05, 3.63) is 0 Å². The highest BCUT2D eigenvalue weighted by atomic mass is 32.2. The van der Waals surface area contributed by atoms with Crippen LogP contribution in [0.15, 0.2) is 0 Å². The zero-order valence-electron chi connectivity index (χ0n) is 11.6. The predicted octanol–water partition coefficient (Wildman–Crippen LogP) is 2.11. The number of carbonyl (C=O) groups is 1. The van der Waals surface area contributed by atoms with Gasteiger partial charge in [0.05, 0.1) is 5.41 Å². The van der Waals surface area contributed by atoms with Crippen molar-refractivity contribution >= 4 is 17.7 Å². The van der Waals surface area contributed by atoms with E-state index in [1.807, 2.05) is 16.7 Å². The minimum Gasteiger partial charge on any atom is -0.340 e. The third-order valence-corrected chi connectivity index (χ3v) is 5.21. The molecular weight excluding hydrogens is 232 g/mol. The van der Waals surface area contributed by atoms with Crippen LogP contribution in [0.4, 0.5) is 0 Å². The summed E-state index contributed by atoms with van der Waals surface area (Å²) in [6, 6.07) is 0. The van der Waals surface area contributed by atoms with Gasteiger partial charge in [0.25, 0.3) is 0 Å². The number of nitrogens with two attached hydrogens (primary N) is 1. The van der Waals surface area contributed by atoms with E-state index >= 15 is 0 Å². The predicted molar refractivity (Wildman–Crippen MR) is 75.2 cm³/mol. The topological polar surface area (TPSA) is 46.3 Å². The van der Waals surface area contributed by atoms with Gasteiger partial charge in [-0.1, -0.05) is 13.8 Å². The molecule has 2 N–H and O–H groups in total. The first-order valence-corrected chi connectivity index (χ1v) is 7.53. The summed E-state index contributed by atoms with van der Waals surface area (Å²) < 4.78 is 0.176. The van der Waals surface area contributed by atoms with E-state index in [1.54, 1.807) is 0 Å². The van der Waals surface area contributed by atoms with Gasteiger partial charge in [-0.05, 0) is 26.7 Å². The van der Waals surface area contributed by atoms with Gasteiger partial charge < -0.3 is 10.6 Å². The van der Waals surface area contributed by atoms with Gasteiger partial charge in [-0.25, -0.2) is 0 Å². The summed E-state index contributed by atoms with van der Waals surface area (Å²) in [6.45, 7) is 10.7. The Morgan fingerprint density at radius 1 is 1.41 bits per heavy atom. The van der Waals surface area contributed by atoms with Crippen molar-refractivity contribution in [2.24, 2.45) is 11.1 Å². The van der Waals surface area contributed by atoms with Crippen LogP contribution in [0.5, 0.6) is 0 Å². The molecule has 1 aliphatic rings. The maximum atomic E-state index is 12.6. The highest BCUT2D eigenvalue weighted by molar-refractivity contribution is 8.00. The Hall–Kier alpha value is -0.220. The Morgan fingerprint density at radius 2 is 2.00 bits per heavy atom. The van der Waals surface area contributed by atoms with Gasteiger partial charge in [-0.2, -0.15) is 11.8 Å². The van der Waals surface area contributed by atoms with Gasteiger partial charge >= 0.3 is 0 Å². The second-order valence-electron chi connectivity index (χ2n) is 5.53. The summed E-state index contributed by atoms with van der Waals surface area (Å²) in [5, 5.41) is 0. The molecule has 0 aromatic rings. The highest BCUT2D eigenvalue weighted by Gasteiger charge is 2.40. The molecular formula is C13H26N2OS. The van der Waals surface area contributed by atoms with Crippen LogP contribution in [-0.2, 0) is 4.79 Å². The molecule has 0 bridgehead atoms. The van der Waals surface area contributed by atoms with E-state index in [0.717, 1.165) is 31.7 Å². The fourth-order valence-corrected chi connectivity index (χ4v) is 3.57. The smallest absolute Gasteiger partial charge is 0.230 e. The third kappa shape index (κ3) is 3.16. The van der Waals surface area contributed by atoms with Crippen LogP contribution in [0.2, 0.25) is 0 Å². The summed E-state index contributed by atoms with van der Waals surface area (Å²) in [7, 11) is 0. The summed E-state index contributed by atoms with van der Waals surface area (Å²) >= 11 is 1.95. The van der Waals surface area contributed by atoms with Gasteiger partial charge in [0.2, 0.25) is 5.91 Å². The number of nitrogens with zero attached hydrogens (tertiary/aromatic N) is 1. The minimum atomic E-state index is -0.335. The van der Waals surface area contributed by atoms with Crippen LogP contribution in [0.3, 0.4) is 0 Å². The fourth-order valence-electron chi connectivity index (χ4n) is 2.45. The molecule has 100 valence electrons. The first-order chi connectivity index (χ1) is 7.90. The van der Waals surface area contributed by atoms with E-state index in [2.05, 4.69) is 27.7 Å². The molecule has 4 heteroatoms. The maximum absolute atomic E-state index is 12.6. The van der Waals surface area contributed by atoms with E-state index in [4.69, 9.17) is 5.73 Å². The summed E-state index contributed by atoms with van der Waals surface area (Å²) in [4.78, 5) is 14.7. The molecule has 0 radical (unpaired) electrons. The SMILES string of the molecule is CCC(CC)(CN)C(=O)N1CCSC(C)(C)C1. The molecule has 17 heavy (non-hydrogen) atoms. The second-order valence-corrected chi connectivity index (χ2v) is 7.33. The largest absolute Gasteiger partial charge is 0.340 e. The van der Waals surface area contributed by atoms with Crippen molar-refractivity contribution in [1.29, 1.82) is 0 Å². The number of thioether (sulfide) groups is 1.